The van der Waals surface area contributed by atoms with Crippen LogP contribution in [0.25, 0.3) is 0 Å². The Bertz CT molecular complexity index is 473. The Labute approximate surface area is 117 Å². The topological polar surface area (TPSA) is 49.4 Å². The van der Waals surface area contributed by atoms with E-state index < -0.39 is 0 Å². The minimum Gasteiger partial charge on any atom is -0.354 e. The van der Waals surface area contributed by atoms with Crippen molar-refractivity contribution in [3.63, 3.8) is 0 Å². The van der Waals surface area contributed by atoms with E-state index in [4.69, 9.17) is 11.6 Å². The van der Waals surface area contributed by atoms with Crippen molar-refractivity contribution >= 4 is 23.3 Å². The van der Waals surface area contributed by atoms with Crippen LogP contribution in [0.5, 0.6) is 0 Å². The van der Waals surface area contributed by atoms with Gasteiger partial charge >= 0.3 is 0 Å². The summed E-state index contributed by atoms with van der Waals surface area (Å²) in [5, 5.41) is 3.43. The van der Waals surface area contributed by atoms with Gasteiger partial charge in [0, 0.05) is 24.7 Å². The number of carbonyl (C=O) groups excluding carboxylic acids is 2. The molecule has 1 aliphatic heterocycles. The second kappa shape index (κ2) is 6.17. The Hall–Kier alpha value is -1.39. The lowest BCUT2D eigenvalue weighted by Crippen LogP contribution is -2.49. The van der Waals surface area contributed by atoms with Crippen molar-refractivity contribution < 1.29 is 9.59 Å². The number of piperazine rings is 1. The fourth-order valence-corrected chi connectivity index (χ4v) is 2.40. The van der Waals surface area contributed by atoms with Crippen LogP contribution in [0.4, 0.5) is 0 Å². The molecule has 0 aromatic heterocycles. The third-order valence-corrected chi connectivity index (χ3v) is 3.57. The molecule has 0 bridgehead atoms. The second-order valence-corrected chi connectivity index (χ2v) is 5.24. The van der Waals surface area contributed by atoms with Crippen LogP contribution in [0, 0.1) is 0 Å². The Morgan fingerprint density at radius 3 is 2.68 bits per heavy atom. The summed E-state index contributed by atoms with van der Waals surface area (Å²) in [5.41, 5.74) is 0.947. The molecule has 1 atom stereocenters. The minimum atomic E-state index is -0.205. The highest BCUT2D eigenvalue weighted by atomic mass is 35.5. The van der Waals surface area contributed by atoms with Gasteiger partial charge in [-0.1, -0.05) is 23.7 Å². The summed E-state index contributed by atoms with van der Waals surface area (Å²) < 4.78 is 0. The normalized spacial score (nSPS) is 17.9. The van der Waals surface area contributed by atoms with Crippen molar-refractivity contribution in [3.05, 3.63) is 34.9 Å². The summed E-state index contributed by atoms with van der Waals surface area (Å²) in [4.78, 5) is 25.2. The number of Topliss-reactive ketones (excluding diaryl/α,β-unsaturated/α-hetero) is 1. The molecule has 1 N–H and O–H groups in total. The molecule has 0 saturated carbocycles. The van der Waals surface area contributed by atoms with Gasteiger partial charge in [-0.15, -0.1) is 0 Å². The van der Waals surface area contributed by atoms with Crippen LogP contribution in [-0.2, 0) is 9.59 Å². The van der Waals surface area contributed by atoms with Crippen LogP contribution >= 0.6 is 11.6 Å². The van der Waals surface area contributed by atoms with Crippen molar-refractivity contribution in [1.82, 2.24) is 10.2 Å². The summed E-state index contributed by atoms with van der Waals surface area (Å²) in [6.07, 6.45) is 0. The van der Waals surface area contributed by atoms with Gasteiger partial charge in [0.25, 0.3) is 0 Å². The molecule has 2 rings (SSSR count). The molecule has 5 heteroatoms. The molecule has 4 nitrogen and oxygen atoms in total. The van der Waals surface area contributed by atoms with Crippen LogP contribution < -0.4 is 5.32 Å². The van der Waals surface area contributed by atoms with Crippen molar-refractivity contribution in [3.8, 4) is 0 Å². The van der Waals surface area contributed by atoms with Gasteiger partial charge in [-0.25, -0.2) is 0 Å². The Kier molecular flexibility index (Phi) is 4.56. The molecule has 102 valence electrons. The van der Waals surface area contributed by atoms with Crippen LogP contribution in [0.15, 0.2) is 24.3 Å². The Balaban J connectivity index is 2.10. The van der Waals surface area contributed by atoms with E-state index in [9.17, 15) is 9.59 Å². The molecule has 1 aliphatic rings. The summed E-state index contributed by atoms with van der Waals surface area (Å²) in [7, 11) is 0. The number of hydrogen-bond acceptors (Lipinski definition) is 3. The van der Waals surface area contributed by atoms with E-state index in [2.05, 4.69) is 5.32 Å². The maximum atomic E-state index is 11.8. The third-order valence-electron chi connectivity index (χ3n) is 3.32. The second-order valence-electron chi connectivity index (χ2n) is 4.80. The van der Waals surface area contributed by atoms with Crippen molar-refractivity contribution in [2.75, 3.05) is 26.2 Å². The van der Waals surface area contributed by atoms with Gasteiger partial charge in [0.2, 0.25) is 5.91 Å². The first kappa shape index (κ1) is 14.0. The first-order chi connectivity index (χ1) is 9.06. The van der Waals surface area contributed by atoms with Crippen molar-refractivity contribution in [2.45, 2.75) is 12.8 Å². The molecule has 1 heterocycles. The number of ketones is 1. The van der Waals surface area contributed by atoms with Crippen LogP contribution in [-0.4, -0.2) is 42.8 Å². The monoisotopic (exact) mass is 280 g/mol. The highest BCUT2D eigenvalue weighted by Gasteiger charge is 2.23. The van der Waals surface area contributed by atoms with Crippen LogP contribution in [0.2, 0.25) is 5.02 Å². The van der Waals surface area contributed by atoms with E-state index in [0.717, 1.165) is 12.1 Å². The van der Waals surface area contributed by atoms with E-state index in [-0.39, 0.29) is 17.6 Å². The molecular formula is C14H17ClN2O2. The standard InChI is InChI=1S/C14H17ClN2O2/c1-10(18)13(11-2-4-12(15)5-3-11)8-17-7-6-16-14(19)9-17/h2-5,13H,6-9H2,1H3,(H,16,19)/t13-/m1/s1. The van der Waals surface area contributed by atoms with E-state index in [1.54, 1.807) is 19.1 Å². The minimum absolute atomic E-state index is 0.0182. The average Bonchev–Trinajstić information content (AvgIpc) is 2.37. The predicted octanol–water partition coefficient (Wildman–Crippen LogP) is 1.44. The fraction of sp³-hybridized carbons (Fsp3) is 0.429. The summed E-state index contributed by atoms with van der Waals surface area (Å²) >= 11 is 5.86. The number of rotatable bonds is 4. The number of hydrogen-bond donors (Lipinski definition) is 1. The largest absolute Gasteiger partial charge is 0.354 e. The van der Waals surface area contributed by atoms with Crippen molar-refractivity contribution in [1.29, 1.82) is 0 Å². The number of halogens is 1. The fourth-order valence-electron chi connectivity index (χ4n) is 2.27. The van der Waals surface area contributed by atoms with Gasteiger partial charge in [0.05, 0.1) is 12.5 Å². The van der Waals surface area contributed by atoms with Gasteiger partial charge in [-0.05, 0) is 24.6 Å². The lowest BCUT2D eigenvalue weighted by molar-refractivity contribution is -0.125. The molecule has 0 unspecified atom stereocenters. The van der Waals surface area contributed by atoms with E-state index >= 15 is 0 Å². The molecule has 1 aromatic rings. The van der Waals surface area contributed by atoms with Gasteiger partial charge in [0.1, 0.15) is 5.78 Å². The molecule has 1 aromatic carbocycles. The van der Waals surface area contributed by atoms with E-state index in [0.29, 0.717) is 24.7 Å². The zero-order chi connectivity index (χ0) is 13.8. The third kappa shape index (κ3) is 3.78. The van der Waals surface area contributed by atoms with Crippen molar-refractivity contribution in [2.24, 2.45) is 0 Å². The Morgan fingerprint density at radius 1 is 1.42 bits per heavy atom. The zero-order valence-electron chi connectivity index (χ0n) is 10.9. The summed E-state index contributed by atoms with van der Waals surface area (Å²) in [5.74, 6) is -0.0823. The number of nitrogens with zero attached hydrogens (tertiary/aromatic N) is 1. The smallest absolute Gasteiger partial charge is 0.234 e. The summed E-state index contributed by atoms with van der Waals surface area (Å²) in [6, 6.07) is 7.32. The van der Waals surface area contributed by atoms with E-state index in [1.807, 2.05) is 17.0 Å². The molecule has 0 radical (unpaired) electrons. The molecule has 0 spiro atoms. The SMILES string of the molecule is CC(=O)[C@@H](CN1CCNC(=O)C1)c1ccc(Cl)cc1. The maximum Gasteiger partial charge on any atom is 0.234 e. The molecular weight excluding hydrogens is 264 g/mol. The molecule has 19 heavy (non-hydrogen) atoms. The summed E-state index contributed by atoms with van der Waals surface area (Å²) in [6.45, 7) is 3.94. The molecule has 0 aliphatic carbocycles. The molecule has 1 amide bonds. The average molecular weight is 281 g/mol. The van der Waals surface area contributed by atoms with Gasteiger partial charge in [-0.2, -0.15) is 0 Å². The predicted molar refractivity (Wildman–Crippen MR) is 74.3 cm³/mol. The number of carbonyl (C=O) groups is 2. The quantitative estimate of drug-likeness (QED) is 0.908. The highest BCUT2D eigenvalue weighted by Crippen LogP contribution is 2.21. The number of nitrogens with one attached hydrogen (secondary N) is 1. The molecule has 1 fully saturated rings. The first-order valence-corrected chi connectivity index (χ1v) is 6.69. The lowest BCUT2D eigenvalue weighted by atomic mass is 9.94. The number of amides is 1. The maximum absolute atomic E-state index is 11.8. The molecule has 1 saturated heterocycles. The first-order valence-electron chi connectivity index (χ1n) is 6.31. The van der Waals surface area contributed by atoms with E-state index in [1.165, 1.54) is 0 Å². The highest BCUT2D eigenvalue weighted by molar-refractivity contribution is 6.30. The van der Waals surface area contributed by atoms with Gasteiger partial charge in [0.15, 0.2) is 0 Å². The Morgan fingerprint density at radius 2 is 2.11 bits per heavy atom. The number of benzene rings is 1. The van der Waals surface area contributed by atoms with Crippen LogP contribution in [0.1, 0.15) is 18.4 Å². The van der Waals surface area contributed by atoms with Gasteiger partial charge < -0.3 is 5.32 Å². The van der Waals surface area contributed by atoms with Gasteiger partial charge in [-0.3, -0.25) is 14.5 Å². The lowest BCUT2D eigenvalue weighted by Gasteiger charge is -2.29. The van der Waals surface area contributed by atoms with Crippen LogP contribution in [0.3, 0.4) is 0 Å². The zero-order valence-corrected chi connectivity index (χ0v) is 11.6.